The van der Waals surface area contributed by atoms with Crippen molar-refractivity contribution in [2.75, 3.05) is 12.3 Å². The minimum Gasteiger partial charge on any atom is -0.492 e. The number of anilines is 1. The molecule has 0 atom stereocenters. The van der Waals surface area contributed by atoms with Crippen LogP contribution in [0.1, 0.15) is 27.2 Å². The van der Waals surface area contributed by atoms with Gasteiger partial charge in [-0.05, 0) is 52.6 Å². The molecule has 1 aromatic carbocycles. The Hall–Kier alpha value is -0.450. The molecule has 1 rings (SSSR count). The summed E-state index contributed by atoms with van der Waals surface area (Å²) in [6.45, 7) is 7.39. The first-order valence-electron chi connectivity index (χ1n) is 5.06. The lowest BCUT2D eigenvalue weighted by molar-refractivity contribution is 0.242. The molecule has 0 unspecified atom stereocenters. The van der Waals surface area contributed by atoms with E-state index in [1.54, 1.807) is 0 Å². The first-order chi connectivity index (χ1) is 6.88. The molecule has 0 heterocycles. The molecule has 0 aliphatic heterocycles. The van der Waals surface area contributed by atoms with Crippen molar-refractivity contribution in [1.82, 2.24) is 0 Å². The molecule has 0 spiro atoms. The number of nitrogens with two attached hydrogens (primary N) is 1. The fourth-order valence-corrected chi connectivity index (χ4v) is 1.80. The average molecular weight is 319 g/mol. The normalized spacial score (nSPS) is 11.5. The summed E-state index contributed by atoms with van der Waals surface area (Å²) in [4.78, 5) is 0. The van der Waals surface area contributed by atoms with Gasteiger partial charge in [0.2, 0.25) is 0 Å². The summed E-state index contributed by atoms with van der Waals surface area (Å²) in [5.41, 5.74) is 6.76. The van der Waals surface area contributed by atoms with Crippen LogP contribution in [0, 0.1) is 8.99 Å². The number of nitrogen functional groups attached to an aromatic ring is 1. The predicted molar refractivity (Wildman–Crippen MR) is 73.1 cm³/mol. The van der Waals surface area contributed by atoms with Gasteiger partial charge in [0.15, 0.2) is 0 Å². The average Bonchev–Trinajstić information content (AvgIpc) is 2.07. The summed E-state index contributed by atoms with van der Waals surface area (Å²) >= 11 is 2.24. The zero-order valence-electron chi connectivity index (χ0n) is 9.51. The van der Waals surface area contributed by atoms with E-state index in [1.165, 1.54) is 0 Å². The van der Waals surface area contributed by atoms with Crippen LogP contribution in [0.15, 0.2) is 18.2 Å². The maximum atomic E-state index is 5.70. The first-order valence-corrected chi connectivity index (χ1v) is 6.14. The summed E-state index contributed by atoms with van der Waals surface area (Å²) in [7, 11) is 0. The van der Waals surface area contributed by atoms with Crippen LogP contribution in [0.3, 0.4) is 0 Å². The number of hydrogen-bond donors (Lipinski definition) is 1. The third kappa shape index (κ3) is 4.73. The van der Waals surface area contributed by atoms with Crippen LogP contribution in [0.4, 0.5) is 5.69 Å². The lowest BCUT2D eigenvalue weighted by atomic mass is 9.93. The zero-order valence-corrected chi connectivity index (χ0v) is 11.7. The van der Waals surface area contributed by atoms with Crippen LogP contribution >= 0.6 is 22.6 Å². The van der Waals surface area contributed by atoms with Crippen LogP contribution in [0.25, 0.3) is 0 Å². The molecule has 0 saturated carbocycles. The highest BCUT2D eigenvalue weighted by Gasteiger charge is 2.10. The van der Waals surface area contributed by atoms with Crippen LogP contribution in [-0.4, -0.2) is 6.61 Å². The van der Waals surface area contributed by atoms with Crippen molar-refractivity contribution in [3.05, 3.63) is 21.8 Å². The van der Waals surface area contributed by atoms with Crippen molar-refractivity contribution in [2.45, 2.75) is 27.2 Å². The van der Waals surface area contributed by atoms with E-state index in [-0.39, 0.29) is 0 Å². The lowest BCUT2D eigenvalue weighted by Gasteiger charge is -2.18. The smallest absolute Gasteiger partial charge is 0.132 e. The van der Waals surface area contributed by atoms with E-state index < -0.39 is 0 Å². The third-order valence-electron chi connectivity index (χ3n) is 2.07. The Kier molecular flexibility index (Phi) is 4.25. The zero-order chi connectivity index (χ0) is 11.5. The number of rotatable bonds is 3. The van der Waals surface area contributed by atoms with Gasteiger partial charge >= 0.3 is 0 Å². The third-order valence-corrected chi connectivity index (χ3v) is 2.91. The van der Waals surface area contributed by atoms with Gasteiger partial charge in [0.25, 0.3) is 0 Å². The minimum atomic E-state index is 0.319. The van der Waals surface area contributed by atoms with Gasteiger partial charge in [-0.3, -0.25) is 0 Å². The SMILES string of the molecule is CC(C)(C)CCOc1ccc(N)cc1I. The van der Waals surface area contributed by atoms with E-state index in [1.807, 2.05) is 18.2 Å². The van der Waals surface area contributed by atoms with E-state index >= 15 is 0 Å². The molecule has 2 N–H and O–H groups in total. The molecule has 3 heteroatoms. The summed E-state index contributed by atoms with van der Waals surface area (Å²) < 4.78 is 6.78. The Morgan fingerprint density at radius 1 is 1.33 bits per heavy atom. The molecular formula is C12H18INO. The van der Waals surface area contributed by atoms with Gasteiger partial charge in [0, 0.05) is 5.69 Å². The number of hydrogen-bond acceptors (Lipinski definition) is 2. The standard InChI is InChI=1S/C12H18INO/c1-12(2,3)6-7-15-11-5-4-9(14)8-10(11)13/h4-5,8H,6-7,14H2,1-3H3. The maximum Gasteiger partial charge on any atom is 0.132 e. The fourth-order valence-electron chi connectivity index (χ4n) is 1.10. The molecule has 84 valence electrons. The Balaban J connectivity index is 2.51. The highest BCUT2D eigenvalue weighted by Crippen LogP contribution is 2.24. The summed E-state index contributed by atoms with van der Waals surface area (Å²) in [6.07, 6.45) is 1.05. The van der Waals surface area contributed by atoms with E-state index in [0.717, 1.165) is 28.0 Å². The van der Waals surface area contributed by atoms with Crippen molar-refractivity contribution in [3.8, 4) is 5.75 Å². The lowest BCUT2D eigenvalue weighted by Crippen LogP contribution is -2.11. The van der Waals surface area contributed by atoms with E-state index in [4.69, 9.17) is 10.5 Å². The van der Waals surface area contributed by atoms with E-state index in [9.17, 15) is 0 Å². The first kappa shape index (κ1) is 12.6. The molecule has 0 aromatic heterocycles. The van der Waals surface area contributed by atoms with Gasteiger partial charge in [0.05, 0.1) is 10.2 Å². The molecule has 0 aliphatic rings. The van der Waals surface area contributed by atoms with Crippen LogP contribution < -0.4 is 10.5 Å². The second-order valence-corrected chi connectivity index (χ2v) is 6.01. The number of ether oxygens (including phenoxy) is 1. The van der Waals surface area contributed by atoms with Gasteiger partial charge in [-0.25, -0.2) is 0 Å². The van der Waals surface area contributed by atoms with Crippen LogP contribution in [-0.2, 0) is 0 Å². The van der Waals surface area contributed by atoms with Crippen molar-refractivity contribution in [2.24, 2.45) is 5.41 Å². The van der Waals surface area contributed by atoms with E-state index in [0.29, 0.717) is 5.41 Å². The van der Waals surface area contributed by atoms with E-state index in [2.05, 4.69) is 43.4 Å². The van der Waals surface area contributed by atoms with Gasteiger partial charge < -0.3 is 10.5 Å². The number of benzene rings is 1. The molecule has 1 aromatic rings. The Morgan fingerprint density at radius 3 is 2.53 bits per heavy atom. The van der Waals surface area contributed by atoms with Crippen molar-refractivity contribution < 1.29 is 4.74 Å². The highest BCUT2D eigenvalue weighted by atomic mass is 127. The predicted octanol–water partition coefficient (Wildman–Crippen LogP) is 3.69. The molecular weight excluding hydrogens is 301 g/mol. The van der Waals surface area contributed by atoms with Gasteiger partial charge in [0.1, 0.15) is 5.75 Å². The molecule has 0 fully saturated rings. The fraction of sp³-hybridized carbons (Fsp3) is 0.500. The summed E-state index contributed by atoms with van der Waals surface area (Å²) in [5.74, 6) is 0.925. The molecule has 2 nitrogen and oxygen atoms in total. The van der Waals surface area contributed by atoms with Gasteiger partial charge in [-0.2, -0.15) is 0 Å². The Bertz CT molecular complexity index is 331. The highest BCUT2D eigenvalue weighted by molar-refractivity contribution is 14.1. The largest absolute Gasteiger partial charge is 0.492 e. The van der Waals surface area contributed by atoms with Crippen molar-refractivity contribution in [1.29, 1.82) is 0 Å². The minimum absolute atomic E-state index is 0.319. The Morgan fingerprint density at radius 2 is 2.00 bits per heavy atom. The summed E-state index contributed by atoms with van der Waals surface area (Å²) in [5, 5.41) is 0. The molecule has 15 heavy (non-hydrogen) atoms. The second-order valence-electron chi connectivity index (χ2n) is 4.85. The van der Waals surface area contributed by atoms with Crippen molar-refractivity contribution in [3.63, 3.8) is 0 Å². The number of halogens is 1. The molecule has 0 aliphatic carbocycles. The van der Waals surface area contributed by atoms with Crippen LogP contribution in [0.2, 0.25) is 0 Å². The molecule has 0 bridgehead atoms. The van der Waals surface area contributed by atoms with Crippen LogP contribution in [0.5, 0.6) is 5.75 Å². The molecule has 0 saturated heterocycles. The van der Waals surface area contributed by atoms with Gasteiger partial charge in [-0.1, -0.05) is 20.8 Å². The second kappa shape index (κ2) is 5.05. The summed E-state index contributed by atoms with van der Waals surface area (Å²) in [6, 6.07) is 5.72. The monoisotopic (exact) mass is 319 g/mol. The quantitative estimate of drug-likeness (QED) is 0.681. The molecule has 0 amide bonds. The Labute approximate surface area is 105 Å². The topological polar surface area (TPSA) is 35.2 Å². The van der Waals surface area contributed by atoms with Gasteiger partial charge in [-0.15, -0.1) is 0 Å². The molecule has 0 radical (unpaired) electrons. The van der Waals surface area contributed by atoms with Crippen molar-refractivity contribution >= 4 is 28.3 Å². The maximum absolute atomic E-state index is 5.70.